The highest BCUT2D eigenvalue weighted by molar-refractivity contribution is 6.08. The number of fused-ring (bicyclic) bond motifs is 1. The van der Waals surface area contributed by atoms with E-state index < -0.39 is 5.41 Å². The van der Waals surface area contributed by atoms with Crippen LogP contribution in [0.2, 0.25) is 0 Å². The van der Waals surface area contributed by atoms with Crippen molar-refractivity contribution in [3.8, 4) is 5.69 Å². The molecule has 2 heterocycles. The Bertz CT molecular complexity index is 1900. The highest BCUT2D eigenvalue weighted by Gasteiger charge is 2.44. The summed E-state index contributed by atoms with van der Waals surface area (Å²) < 4.78 is 7.31. The molecule has 1 aliphatic rings. The summed E-state index contributed by atoms with van der Waals surface area (Å²) in [6.45, 7) is 5.74. The molecule has 240 valence electrons. The fourth-order valence-corrected chi connectivity index (χ4v) is 6.93. The fraction of sp³-hybridized carbons (Fsp3) is 0.275. The van der Waals surface area contributed by atoms with Crippen LogP contribution in [0.15, 0.2) is 120 Å². The van der Waals surface area contributed by atoms with Gasteiger partial charge in [0, 0.05) is 23.0 Å². The van der Waals surface area contributed by atoms with Gasteiger partial charge in [0.1, 0.15) is 0 Å². The summed E-state index contributed by atoms with van der Waals surface area (Å²) in [4.78, 5) is 44.5. The number of rotatable bonds is 10. The number of esters is 1. The molecular formula is C40H41N3O4. The van der Waals surface area contributed by atoms with Crippen molar-refractivity contribution in [2.45, 2.75) is 51.1 Å². The monoisotopic (exact) mass is 627 g/mol. The summed E-state index contributed by atoms with van der Waals surface area (Å²) >= 11 is 0. The summed E-state index contributed by atoms with van der Waals surface area (Å²) in [5.41, 5.74) is 2.88. The van der Waals surface area contributed by atoms with Gasteiger partial charge in [0.05, 0.1) is 29.3 Å². The van der Waals surface area contributed by atoms with E-state index in [4.69, 9.17) is 4.74 Å². The molecular weight excluding hydrogens is 586 g/mol. The van der Waals surface area contributed by atoms with Crippen molar-refractivity contribution >= 4 is 22.6 Å². The van der Waals surface area contributed by atoms with Crippen molar-refractivity contribution in [1.82, 2.24) is 14.8 Å². The van der Waals surface area contributed by atoms with Gasteiger partial charge in [-0.1, -0.05) is 104 Å². The van der Waals surface area contributed by atoms with Crippen LogP contribution >= 0.6 is 0 Å². The normalized spacial score (nSPS) is 15.2. The molecule has 47 heavy (non-hydrogen) atoms. The molecule has 0 bridgehead atoms. The number of ether oxygens (including phenoxy) is 1. The van der Waals surface area contributed by atoms with Gasteiger partial charge in [-0.15, -0.1) is 0 Å². The quantitative estimate of drug-likeness (QED) is 0.169. The van der Waals surface area contributed by atoms with Crippen molar-refractivity contribution < 1.29 is 14.3 Å². The molecule has 1 fully saturated rings. The number of nitrogens with one attached hydrogen (secondary N) is 1. The lowest BCUT2D eigenvalue weighted by Gasteiger charge is -2.40. The Balaban J connectivity index is 1.44. The molecule has 1 aromatic heterocycles. The molecule has 1 unspecified atom stereocenters. The summed E-state index contributed by atoms with van der Waals surface area (Å²) in [5, 5.41) is 4.41. The number of pyridine rings is 1. The minimum Gasteiger partial charge on any atom is -0.465 e. The Hall–Kier alpha value is -5.01. The second-order valence-electron chi connectivity index (χ2n) is 12.1. The van der Waals surface area contributed by atoms with E-state index in [0.29, 0.717) is 73.2 Å². The maximum absolute atomic E-state index is 14.5. The molecule has 5 aromatic rings. The number of hydrogen-bond acceptors (Lipinski definition) is 5. The Morgan fingerprint density at radius 1 is 0.787 bits per heavy atom. The molecule has 0 aliphatic carbocycles. The molecule has 7 nitrogen and oxygen atoms in total. The predicted molar refractivity (Wildman–Crippen MR) is 186 cm³/mol. The number of likely N-dealkylation sites (tertiary alicyclic amines) is 1. The van der Waals surface area contributed by atoms with Crippen molar-refractivity contribution in [3.05, 3.63) is 148 Å². The van der Waals surface area contributed by atoms with Crippen LogP contribution < -0.4 is 10.9 Å². The van der Waals surface area contributed by atoms with Crippen LogP contribution in [0.4, 0.5) is 0 Å². The maximum Gasteiger partial charge on any atom is 0.316 e. The first-order valence-electron chi connectivity index (χ1n) is 16.5. The van der Waals surface area contributed by atoms with Crippen LogP contribution in [-0.2, 0) is 21.5 Å². The van der Waals surface area contributed by atoms with E-state index in [0.717, 1.165) is 11.1 Å². The van der Waals surface area contributed by atoms with Gasteiger partial charge in [-0.05, 0) is 68.6 Å². The third-order valence-electron chi connectivity index (χ3n) is 9.42. The van der Waals surface area contributed by atoms with Crippen molar-refractivity contribution in [3.63, 3.8) is 0 Å². The first kappa shape index (κ1) is 32.0. The number of aromatic nitrogens is 1. The molecule has 1 saturated heterocycles. The summed E-state index contributed by atoms with van der Waals surface area (Å²) in [6, 6.07) is 36.5. The van der Waals surface area contributed by atoms with Crippen molar-refractivity contribution in [2.24, 2.45) is 0 Å². The van der Waals surface area contributed by atoms with Gasteiger partial charge in [0.15, 0.2) is 0 Å². The summed E-state index contributed by atoms with van der Waals surface area (Å²) in [6.07, 6.45) is 1.84. The lowest BCUT2D eigenvalue weighted by Crippen LogP contribution is -2.48. The topological polar surface area (TPSA) is 80.6 Å². The lowest BCUT2D eigenvalue weighted by atomic mass is 9.72. The number of carbonyl (C=O) groups is 2. The Labute approximate surface area is 275 Å². The number of benzene rings is 4. The van der Waals surface area contributed by atoms with E-state index >= 15 is 0 Å². The molecule has 1 amide bonds. The first-order valence-corrected chi connectivity index (χ1v) is 16.5. The van der Waals surface area contributed by atoms with Gasteiger partial charge >= 0.3 is 5.97 Å². The molecule has 6 rings (SSSR count). The SMILES string of the molecule is CCOC(=O)C1(c2ccccc2)CCN(Cc2c(C(=O)NC(CC)c3ccccc3)c3ccccc3c(=O)n2-c2ccccc2)CC1. The summed E-state index contributed by atoms with van der Waals surface area (Å²) in [5.74, 6) is -0.428. The number of carbonyl (C=O) groups excluding carboxylic acids is 2. The first-order chi connectivity index (χ1) is 23.0. The van der Waals surface area contributed by atoms with E-state index in [9.17, 15) is 14.4 Å². The zero-order chi connectivity index (χ0) is 32.8. The number of nitrogens with zero attached hydrogens (tertiary/aromatic N) is 2. The van der Waals surface area contributed by atoms with Crippen LogP contribution in [0.25, 0.3) is 16.5 Å². The minimum atomic E-state index is -0.750. The van der Waals surface area contributed by atoms with Gasteiger partial charge in [-0.2, -0.15) is 0 Å². The van der Waals surface area contributed by atoms with Gasteiger partial charge < -0.3 is 10.1 Å². The molecule has 1 atom stereocenters. The third kappa shape index (κ3) is 6.36. The molecule has 1 N–H and O–H groups in total. The highest BCUT2D eigenvalue weighted by atomic mass is 16.5. The molecule has 4 aromatic carbocycles. The number of amides is 1. The largest absolute Gasteiger partial charge is 0.465 e. The Morgan fingerprint density at radius 3 is 1.98 bits per heavy atom. The number of para-hydroxylation sites is 1. The molecule has 0 radical (unpaired) electrons. The van der Waals surface area contributed by atoms with E-state index in [1.807, 2.05) is 116 Å². The third-order valence-corrected chi connectivity index (χ3v) is 9.42. The highest BCUT2D eigenvalue weighted by Crippen LogP contribution is 2.38. The minimum absolute atomic E-state index is 0.171. The van der Waals surface area contributed by atoms with E-state index in [1.54, 1.807) is 10.6 Å². The van der Waals surface area contributed by atoms with Crippen LogP contribution in [0.5, 0.6) is 0 Å². The standard InChI is InChI=1S/C40H41N3O4/c1-3-34(29-16-8-5-9-17-29)41-37(44)36-32-22-14-15-23-33(32)38(45)43(31-20-12-7-13-21-31)35(36)28-42-26-24-40(25-27-42,39(46)47-4-2)30-18-10-6-11-19-30/h5-23,34H,3-4,24-28H2,1-2H3,(H,41,44). The van der Waals surface area contributed by atoms with Crippen LogP contribution in [0.1, 0.15) is 66.3 Å². The van der Waals surface area contributed by atoms with Gasteiger partial charge in [0.25, 0.3) is 11.5 Å². The lowest BCUT2D eigenvalue weighted by molar-refractivity contribution is -0.152. The van der Waals surface area contributed by atoms with Crippen LogP contribution in [0.3, 0.4) is 0 Å². The predicted octanol–water partition coefficient (Wildman–Crippen LogP) is 6.97. The van der Waals surface area contributed by atoms with Crippen molar-refractivity contribution in [1.29, 1.82) is 0 Å². The molecule has 1 aliphatic heterocycles. The van der Waals surface area contributed by atoms with E-state index in [2.05, 4.69) is 17.1 Å². The second-order valence-corrected chi connectivity index (χ2v) is 12.1. The zero-order valence-corrected chi connectivity index (χ0v) is 27.0. The zero-order valence-electron chi connectivity index (χ0n) is 27.0. The average Bonchev–Trinajstić information content (AvgIpc) is 3.12. The number of hydrogen-bond donors (Lipinski definition) is 1. The summed E-state index contributed by atoms with van der Waals surface area (Å²) in [7, 11) is 0. The number of piperidine rings is 1. The van der Waals surface area contributed by atoms with E-state index in [-0.39, 0.29) is 23.5 Å². The Morgan fingerprint density at radius 2 is 1.36 bits per heavy atom. The fourth-order valence-electron chi connectivity index (χ4n) is 6.93. The smallest absolute Gasteiger partial charge is 0.316 e. The average molecular weight is 628 g/mol. The van der Waals surface area contributed by atoms with Gasteiger partial charge in [-0.3, -0.25) is 23.9 Å². The van der Waals surface area contributed by atoms with Crippen molar-refractivity contribution in [2.75, 3.05) is 19.7 Å². The molecule has 0 spiro atoms. The van der Waals surface area contributed by atoms with Gasteiger partial charge in [0.2, 0.25) is 0 Å². The molecule has 7 heteroatoms. The van der Waals surface area contributed by atoms with Crippen LogP contribution in [-0.4, -0.2) is 41.0 Å². The maximum atomic E-state index is 14.5. The van der Waals surface area contributed by atoms with E-state index in [1.165, 1.54) is 0 Å². The van der Waals surface area contributed by atoms with Crippen LogP contribution in [0, 0.1) is 0 Å². The Kier molecular flexibility index (Phi) is 9.64. The second kappa shape index (κ2) is 14.2. The van der Waals surface area contributed by atoms with Gasteiger partial charge in [-0.25, -0.2) is 0 Å². The molecule has 0 saturated carbocycles.